The summed E-state index contributed by atoms with van der Waals surface area (Å²) in [7, 11) is 0. The van der Waals surface area contributed by atoms with Gasteiger partial charge in [-0.2, -0.15) is 0 Å². The summed E-state index contributed by atoms with van der Waals surface area (Å²) in [6.45, 7) is 1.89. The molecule has 1 aliphatic rings. The van der Waals surface area contributed by atoms with Gasteiger partial charge >= 0.3 is 5.97 Å². The number of amides is 1. The number of nitrogens with one attached hydrogen (secondary N) is 1. The van der Waals surface area contributed by atoms with Crippen LogP contribution in [0.15, 0.2) is 18.5 Å². The van der Waals surface area contributed by atoms with Crippen molar-refractivity contribution in [3.63, 3.8) is 0 Å². The summed E-state index contributed by atoms with van der Waals surface area (Å²) in [4.78, 5) is 27.4. The summed E-state index contributed by atoms with van der Waals surface area (Å²) in [5.41, 5.74) is 1.58. The van der Waals surface area contributed by atoms with Crippen LogP contribution < -0.4 is 5.32 Å². The number of rotatable bonds is 3. The van der Waals surface area contributed by atoms with Gasteiger partial charge in [0, 0.05) is 6.20 Å². The molecular weight excluding hydrogens is 244 g/mol. The predicted molar refractivity (Wildman–Crippen MR) is 70.7 cm³/mol. The van der Waals surface area contributed by atoms with Crippen LogP contribution in [-0.2, 0) is 9.59 Å². The van der Waals surface area contributed by atoms with Gasteiger partial charge in [-0.1, -0.05) is 12.8 Å². The molecule has 0 saturated heterocycles. The molecule has 1 aliphatic carbocycles. The second-order valence-electron chi connectivity index (χ2n) is 5.08. The number of carbonyl (C=O) groups excluding carboxylic acids is 1. The maximum Gasteiger partial charge on any atom is 0.307 e. The quantitative estimate of drug-likeness (QED) is 0.875. The van der Waals surface area contributed by atoms with E-state index in [0.717, 1.165) is 18.4 Å². The first-order valence-electron chi connectivity index (χ1n) is 6.53. The van der Waals surface area contributed by atoms with Crippen molar-refractivity contribution in [3.8, 4) is 0 Å². The SMILES string of the molecule is Cc1cncc(NC(=O)[C@@H]2CCCC[C@@H]2C(=O)O)c1. The molecule has 102 valence electrons. The molecule has 5 heteroatoms. The minimum Gasteiger partial charge on any atom is -0.481 e. The second-order valence-corrected chi connectivity index (χ2v) is 5.08. The fraction of sp³-hybridized carbons (Fsp3) is 0.500. The number of nitrogens with zero attached hydrogens (tertiary/aromatic N) is 1. The summed E-state index contributed by atoms with van der Waals surface area (Å²) in [5, 5.41) is 11.9. The number of aryl methyl sites for hydroxylation is 1. The highest BCUT2D eigenvalue weighted by Gasteiger charge is 2.35. The molecule has 2 atom stereocenters. The zero-order valence-electron chi connectivity index (χ0n) is 10.9. The van der Waals surface area contributed by atoms with Gasteiger partial charge in [0.2, 0.25) is 5.91 Å². The van der Waals surface area contributed by atoms with Crippen molar-refractivity contribution >= 4 is 17.6 Å². The molecule has 0 bridgehead atoms. The van der Waals surface area contributed by atoms with Crippen molar-refractivity contribution in [2.45, 2.75) is 32.6 Å². The molecule has 0 radical (unpaired) electrons. The summed E-state index contributed by atoms with van der Waals surface area (Å²) >= 11 is 0. The van der Waals surface area contributed by atoms with Gasteiger partial charge in [0.15, 0.2) is 0 Å². The third kappa shape index (κ3) is 3.30. The average Bonchev–Trinajstić information content (AvgIpc) is 2.38. The van der Waals surface area contributed by atoms with E-state index >= 15 is 0 Å². The number of hydrogen-bond acceptors (Lipinski definition) is 3. The Balaban J connectivity index is 2.07. The van der Waals surface area contributed by atoms with Gasteiger partial charge in [-0.05, 0) is 31.4 Å². The molecular formula is C14H18N2O3. The lowest BCUT2D eigenvalue weighted by molar-refractivity contribution is -0.147. The van der Waals surface area contributed by atoms with Crippen LogP contribution in [0.4, 0.5) is 5.69 Å². The number of hydrogen-bond donors (Lipinski definition) is 2. The molecule has 5 nitrogen and oxygen atoms in total. The van der Waals surface area contributed by atoms with Crippen LogP contribution in [0.2, 0.25) is 0 Å². The van der Waals surface area contributed by atoms with E-state index in [1.807, 2.05) is 13.0 Å². The number of aromatic nitrogens is 1. The lowest BCUT2D eigenvalue weighted by atomic mass is 9.78. The maximum atomic E-state index is 12.2. The Labute approximate surface area is 112 Å². The number of aliphatic carboxylic acids is 1. The van der Waals surface area contributed by atoms with Gasteiger partial charge in [0.1, 0.15) is 0 Å². The van der Waals surface area contributed by atoms with E-state index in [0.29, 0.717) is 18.5 Å². The van der Waals surface area contributed by atoms with E-state index in [2.05, 4.69) is 10.3 Å². The van der Waals surface area contributed by atoms with Crippen LogP contribution >= 0.6 is 0 Å². The Bertz CT molecular complexity index is 487. The molecule has 0 spiro atoms. The van der Waals surface area contributed by atoms with E-state index in [-0.39, 0.29) is 5.91 Å². The number of carboxylic acid groups (broad SMARTS) is 1. The van der Waals surface area contributed by atoms with Gasteiger partial charge in [0.25, 0.3) is 0 Å². The lowest BCUT2D eigenvalue weighted by Crippen LogP contribution is -2.36. The van der Waals surface area contributed by atoms with Gasteiger partial charge in [0.05, 0.1) is 23.7 Å². The Hall–Kier alpha value is -1.91. The third-order valence-corrected chi connectivity index (χ3v) is 3.56. The van der Waals surface area contributed by atoms with Crippen molar-refractivity contribution in [1.82, 2.24) is 4.98 Å². The number of carboxylic acids is 1. The van der Waals surface area contributed by atoms with Crippen molar-refractivity contribution in [2.24, 2.45) is 11.8 Å². The normalized spacial score (nSPS) is 22.8. The molecule has 2 N–H and O–H groups in total. The van der Waals surface area contributed by atoms with E-state index in [1.165, 1.54) is 0 Å². The van der Waals surface area contributed by atoms with Crippen LogP contribution in [0.25, 0.3) is 0 Å². The summed E-state index contributed by atoms with van der Waals surface area (Å²) in [6, 6.07) is 1.82. The van der Waals surface area contributed by atoms with Crippen LogP contribution in [0.1, 0.15) is 31.2 Å². The largest absolute Gasteiger partial charge is 0.481 e. The van der Waals surface area contributed by atoms with Gasteiger partial charge in [-0.3, -0.25) is 14.6 Å². The standard InChI is InChI=1S/C14H18N2O3/c1-9-6-10(8-15-7-9)16-13(17)11-4-2-3-5-12(11)14(18)19/h6-8,11-12H,2-5H2,1H3,(H,16,17)(H,18,19)/t11-,12+/m1/s1. The van der Waals surface area contributed by atoms with Crippen molar-refractivity contribution in [1.29, 1.82) is 0 Å². The predicted octanol–water partition coefficient (Wildman–Crippen LogP) is 2.22. The number of anilines is 1. The molecule has 19 heavy (non-hydrogen) atoms. The molecule has 1 amide bonds. The molecule has 0 unspecified atom stereocenters. The lowest BCUT2D eigenvalue weighted by Gasteiger charge is -2.27. The fourth-order valence-corrected chi connectivity index (χ4v) is 2.60. The highest BCUT2D eigenvalue weighted by Crippen LogP contribution is 2.31. The van der Waals surface area contributed by atoms with Crippen LogP contribution in [0.3, 0.4) is 0 Å². The molecule has 1 aromatic rings. The maximum absolute atomic E-state index is 12.2. The van der Waals surface area contributed by atoms with E-state index < -0.39 is 17.8 Å². The molecule has 1 heterocycles. The van der Waals surface area contributed by atoms with Crippen LogP contribution in [0, 0.1) is 18.8 Å². The smallest absolute Gasteiger partial charge is 0.307 e. The molecule has 0 aliphatic heterocycles. The molecule has 0 aromatic carbocycles. The first-order chi connectivity index (χ1) is 9.08. The van der Waals surface area contributed by atoms with Crippen molar-refractivity contribution < 1.29 is 14.7 Å². The Morgan fingerprint density at radius 1 is 1.26 bits per heavy atom. The fourth-order valence-electron chi connectivity index (χ4n) is 2.60. The van der Waals surface area contributed by atoms with E-state index in [1.54, 1.807) is 12.4 Å². The molecule has 1 aromatic heterocycles. The monoisotopic (exact) mass is 262 g/mol. The second kappa shape index (κ2) is 5.82. The third-order valence-electron chi connectivity index (χ3n) is 3.56. The Morgan fingerprint density at radius 3 is 2.58 bits per heavy atom. The van der Waals surface area contributed by atoms with E-state index in [9.17, 15) is 14.7 Å². The zero-order valence-corrected chi connectivity index (χ0v) is 10.9. The summed E-state index contributed by atoms with van der Waals surface area (Å²) in [6.07, 6.45) is 6.29. The molecule has 2 rings (SSSR count). The van der Waals surface area contributed by atoms with Crippen LogP contribution in [0.5, 0.6) is 0 Å². The zero-order chi connectivity index (χ0) is 13.8. The summed E-state index contributed by atoms with van der Waals surface area (Å²) < 4.78 is 0. The first-order valence-corrected chi connectivity index (χ1v) is 6.53. The topological polar surface area (TPSA) is 79.3 Å². The van der Waals surface area contributed by atoms with Gasteiger partial charge in [-0.25, -0.2) is 0 Å². The highest BCUT2D eigenvalue weighted by atomic mass is 16.4. The summed E-state index contributed by atoms with van der Waals surface area (Å²) in [5.74, 6) is -2.08. The van der Waals surface area contributed by atoms with Crippen LogP contribution in [-0.4, -0.2) is 22.0 Å². The number of carbonyl (C=O) groups is 2. The minimum atomic E-state index is -0.873. The minimum absolute atomic E-state index is 0.209. The molecule has 1 fully saturated rings. The van der Waals surface area contributed by atoms with Crippen molar-refractivity contribution in [3.05, 3.63) is 24.0 Å². The Morgan fingerprint density at radius 2 is 1.95 bits per heavy atom. The van der Waals surface area contributed by atoms with Gasteiger partial charge in [-0.15, -0.1) is 0 Å². The first kappa shape index (κ1) is 13.5. The average molecular weight is 262 g/mol. The molecule has 1 saturated carbocycles. The Kier molecular flexibility index (Phi) is 4.14. The highest BCUT2D eigenvalue weighted by molar-refractivity contribution is 5.95. The van der Waals surface area contributed by atoms with Gasteiger partial charge < -0.3 is 10.4 Å². The number of pyridine rings is 1. The van der Waals surface area contributed by atoms with E-state index in [4.69, 9.17) is 0 Å². The van der Waals surface area contributed by atoms with Crippen molar-refractivity contribution in [2.75, 3.05) is 5.32 Å².